The number of ether oxygens (including phenoxy) is 2. The van der Waals surface area contributed by atoms with Crippen molar-refractivity contribution in [3.63, 3.8) is 0 Å². The number of aromatic amines is 1. The molecular weight excluding hydrogens is 439 g/mol. The number of hydrogen-bond acceptors (Lipinski definition) is 7. The minimum atomic E-state index is -0.672. The van der Waals surface area contributed by atoms with Crippen LogP contribution in [0, 0.1) is 5.82 Å². The van der Waals surface area contributed by atoms with Crippen LogP contribution in [0.15, 0.2) is 24.2 Å². The molecule has 1 aliphatic heterocycles. The topological polar surface area (TPSA) is 104 Å². The number of rotatable bonds is 7. The van der Waals surface area contributed by atoms with E-state index in [1.54, 1.807) is 34.1 Å². The van der Waals surface area contributed by atoms with Gasteiger partial charge in [0, 0.05) is 21.1 Å². The van der Waals surface area contributed by atoms with Crippen molar-refractivity contribution < 1.29 is 23.5 Å². The number of methoxy groups -OCH3 is 1. The monoisotopic (exact) mass is 462 g/mol. The van der Waals surface area contributed by atoms with E-state index >= 15 is 0 Å². The summed E-state index contributed by atoms with van der Waals surface area (Å²) in [5, 5.41) is 6.53. The molecule has 0 spiro atoms. The van der Waals surface area contributed by atoms with Gasteiger partial charge in [-0.1, -0.05) is 0 Å². The van der Waals surface area contributed by atoms with Crippen LogP contribution in [0.2, 0.25) is 0 Å². The number of allylic oxidation sites excluding steroid dienone is 1. The Bertz CT molecular complexity index is 1090. The summed E-state index contributed by atoms with van der Waals surface area (Å²) in [4.78, 5) is 33.2. The van der Waals surface area contributed by atoms with Gasteiger partial charge in [-0.05, 0) is 42.4 Å². The number of nitrogens with one attached hydrogen (secondary N) is 1. The molecule has 0 bridgehead atoms. The normalized spacial score (nSPS) is 15.3. The number of thiocarbonyl (C=S) groups is 1. The molecule has 2 amide bonds. The molecule has 32 heavy (non-hydrogen) atoms. The van der Waals surface area contributed by atoms with Gasteiger partial charge in [-0.15, -0.1) is 0 Å². The first-order chi connectivity index (χ1) is 15.1. The Balaban J connectivity index is 1.94. The van der Waals surface area contributed by atoms with E-state index in [-0.39, 0.29) is 41.4 Å². The molecule has 2 heterocycles. The van der Waals surface area contributed by atoms with E-state index in [9.17, 15) is 14.0 Å². The molecule has 0 saturated carbocycles. The molecule has 0 unspecified atom stereocenters. The van der Waals surface area contributed by atoms with Gasteiger partial charge < -0.3 is 19.3 Å². The molecule has 0 atom stereocenters. The van der Waals surface area contributed by atoms with Gasteiger partial charge in [-0.25, -0.2) is 9.37 Å². The highest BCUT2D eigenvalue weighted by molar-refractivity contribution is 7.80. The van der Waals surface area contributed by atoms with Crippen LogP contribution in [0.4, 0.5) is 4.39 Å². The van der Waals surface area contributed by atoms with Crippen LogP contribution in [0.3, 0.4) is 0 Å². The molecule has 170 valence electrons. The van der Waals surface area contributed by atoms with Crippen molar-refractivity contribution in [3.8, 4) is 11.5 Å². The molecule has 1 saturated heterocycles. The number of benzene rings is 1. The Morgan fingerprint density at radius 3 is 2.66 bits per heavy atom. The molecular formula is C20H23FN6O4S. The molecule has 0 radical (unpaired) electrons. The second-order valence-electron chi connectivity index (χ2n) is 7.20. The van der Waals surface area contributed by atoms with E-state index in [1.807, 2.05) is 0 Å². The molecule has 1 fully saturated rings. The third kappa shape index (κ3) is 4.40. The molecule has 3 rings (SSSR count). The van der Waals surface area contributed by atoms with Crippen molar-refractivity contribution in [1.82, 2.24) is 29.9 Å². The maximum atomic E-state index is 14.9. The number of H-pyrrole nitrogens is 1. The van der Waals surface area contributed by atoms with E-state index in [2.05, 4.69) is 15.2 Å². The fourth-order valence-electron chi connectivity index (χ4n) is 3.12. The zero-order chi connectivity index (χ0) is 23.6. The summed E-state index contributed by atoms with van der Waals surface area (Å²) in [6.07, 6.45) is 1.32. The van der Waals surface area contributed by atoms with Crippen molar-refractivity contribution in [1.29, 1.82) is 0 Å². The maximum Gasteiger partial charge on any atom is 0.277 e. The van der Waals surface area contributed by atoms with E-state index < -0.39 is 11.7 Å². The van der Waals surface area contributed by atoms with Gasteiger partial charge in [0.1, 0.15) is 25.2 Å². The average Bonchev–Trinajstić information content (AvgIpc) is 3.34. The van der Waals surface area contributed by atoms with Gasteiger partial charge in [0.15, 0.2) is 28.3 Å². The number of likely N-dealkylation sites (N-methyl/N-ethyl adjacent to an activating group) is 2. The van der Waals surface area contributed by atoms with E-state index in [4.69, 9.17) is 21.7 Å². The number of carbonyl (C=O) groups excluding carboxylic acids is 2. The minimum absolute atomic E-state index is 0.0307. The predicted molar refractivity (Wildman–Crippen MR) is 117 cm³/mol. The lowest BCUT2D eigenvalue weighted by Gasteiger charge is -2.18. The zero-order valence-corrected chi connectivity index (χ0v) is 19.1. The lowest BCUT2D eigenvalue weighted by Crippen LogP contribution is -2.40. The summed E-state index contributed by atoms with van der Waals surface area (Å²) in [6.45, 7) is 1.46. The highest BCUT2D eigenvalue weighted by Crippen LogP contribution is 2.36. The second kappa shape index (κ2) is 9.30. The summed E-state index contributed by atoms with van der Waals surface area (Å²) in [6, 6.07) is 2.82. The number of amides is 2. The molecule has 1 aliphatic rings. The zero-order valence-electron chi connectivity index (χ0n) is 18.3. The number of halogens is 1. The quantitative estimate of drug-likeness (QED) is 0.487. The van der Waals surface area contributed by atoms with Crippen LogP contribution in [0.1, 0.15) is 18.3 Å². The summed E-state index contributed by atoms with van der Waals surface area (Å²) in [5.41, 5.74) is 1.13. The molecule has 1 N–H and O–H groups in total. The SMILES string of the molecule is COc1cc(/C(C)=C2/C(=O)N(CC(=O)N(C)C)C(=S)N2C)cc(F)c1OCc1ncn[nH]1. The van der Waals surface area contributed by atoms with E-state index in [0.29, 0.717) is 17.0 Å². The van der Waals surface area contributed by atoms with E-state index in [0.717, 1.165) is 0 Å². The smallest absolute Gasteiger partial charge is 0.277 e. The summed E-state index contributed by atoms with van der Waals surface area (Å²) >= 11 is 5.35. The van der Waals surface area contributed by atoms with E-state index in [1.165, 1.54) is 34.2 Å². The summed E-state index contributed by atoms with van der Waals surface area (Å²) in [7, 11) is 6.21. The first kappa shape index (κ1) is 23.1. The van der Waals surface area contributed by atoms with Gasteiger partial charge in [0.05, 0.1) is 7.11 Å². The Morgan fingerprint density at radius 2 is 2.06 bits per heavy atom. The molecule has 10 nitrogen and oxygen atoms in total. The molecule has 0 aliphatic carbocycles. The van der Waals surface area contributed by atoms with Gasteiger partial charge in [-0.2, -0.15) is 5.10 Å². The summed E-state index contributed by atoms with van der Waals surface area (Å²) < 4.78 is 25.7. The molecule has 2 aromatic rings. The van der Waals surface area contributed by atoms with Gasteiger partial charge >= 0.3 is 0 Å². The maximum absolute atomic E-state index is 14.9. The highest BCUT2D eigenvalue weighted by Gasteiger charge is 2.38. The Kier molecular flexibility index (Phi) is 6.72. The van der Waals surface area contributed by atoms with Gasteiger partial charge in [0.2, 0.25) is 5.91 Å². The fourth-order valence-corrected chi connectivity index (χ4v) is 3.36. The number of hydrogen-bond donors (Lipinski definition) is 1. The average molecular weight is 463 g/mol. The molecule has 12 heteroatoms. The lowest BCUT2D eigenvalue weighted by atomic mass is 10.0. The Morgan fingerprint density at radius 1 is 1.34 bits per heavy atom. The lowest BCUT2D eigenvalue weighted by molar-refractivity contribution is -0.133. The minimum Gasteiger partial charge on any atom is -0.493 e. The van der Waals surface area contributed by atoms with Crippen molar-refractivity contribution >= 4 is 34.7 Å². The number of nitrogens with zero attached hydrogens (tertiary/aromatic N) is 5. The standard InChI is InChI=1S/C20H23FN6O4S/c1-11(17-19(29)27(20(32)26(17)4)8-16(28)25(2)3)12-6-13(21)18(14(7-12)30-5)31-9-15-22-10-23-24-15/h6-7,10H,8-9H2,1-5H3,(H,22,23,24)/b17-11-. The molecule has 1 aromatic heterocycles. The first-order valence-electron chi connectivity index (χ1n) is 9.51. The molecule has 1 aromatic carbocycles. The van der Waals surface area contributed by atoms with Crippen molar-refractivity contribution in [2.45, 2.75) is 13.5 Å². The number of carbonyl (C=O) groups is 2. The second-order valence-corrected chi connectivity index (χ2v) is 7.57. The van der Waals surface area contributed by atoms with Crippen molar-refractivity contribution in [3.05, 3.63) is 41.4 Å². The third-order valence-corrected chi connectivity index (χ3v) is 5.42. The predicted octanol–water partition coefficient (Wildman–Crippen LogP) is 1.41. The van der Waals surface area contributed by atoms with Crippen molar-refractivity contribution in [2.24, 2.45) is 0 Å². The third-order valence-electron chi connectivity index (χ3n) is 4.93. The highest BCUT2D eigenvalue weighted by atomic mass is 32.1. The van der Waals surface area contributed by atoms with Crippen LogP contribution in [0.25, 0.3) is 5.57 Å². The Labute approximate surface area is 189 Å². The van der Waals surface area contributed by atoms with Crippen LogP contribution in [-0.4, -0.2) is 81.6 Å². The van der Waals surface area contributed by atoms with Crippen LogP contribution in [-0.2, 0) is 16.2 Å². The van der Waals surface area contributed by atoms with Crippen molar-refractivity contribution in [2.75, 3.05) is 34.8 Å². The number of aromatic nitrogens is 3. The van der Waals surface area contributed by atoms with Crippen LogP contribution < -0.4 is 9.47 Å². The first-order valence-corrected chi connectivity index (χ1v) is 9.92. The largest absolute Gasteiger partial charge is 0.493 e. The summed E-state index contributed by atoms with van der Waals surface area (Å²) in [5.74, 6) is -0.897. The van der Waals surface area contributed by atoms with Crippen LogP contribution >= 0.6 is 12.2 Å². The van der Waals surface area contributed by atoms with Crippen LogP contribution in [0.5, 0.6) is 11.5 Å². The fraction of sp³-hybridized carbons (Fsp3) is 0.350. The van der Waals surface area contributed by atoms with Gasteiger partial charge in [-0.3, -0.25) is 19.6 Å². The van der Waals surface area contributed by atoms with Gasteiger partial charge in [0.25, 0.3) is 5.91 Å². The Hall–Kier alpha value is -3.54.